The van der Waals surface area contributed by atoms with E-state index in [0.29, 0.717) is 6.07 Å². The number of ether oxygens (including phenoxy) is 2. The zero-order valence-corrected chi connectivity index (χ0v) is 9.60. The van der Waals surface area contributed by atoms with Crippen molar-refractivity contribution in [2.45, 2.75) is 13.1 Å². The second-order valence-corrected chi connectivity index (χ2v) is 3.23. The summed E-state index contributed by atoms with van der Waals surface area (Å²) in [6, 6.07) is 1.30. The normalized spacial score (nSPS) is 11.2. The highest BCUT2D eigenvalue weighted by molar-refractivity contribution is 5.90. The highest BCUT2D eigenvalue weighted by Crippen LogP contribution is 2.38. The standard InChI is InChI=1S/C11H10F4O3/c1-3-18-10(16)6-4-5-7(11(13,14)15)9(17-2)8(6)12/h4-5H,3H2,1-2H3. The maximum atomic E-state index is 13.7. The fourth-order valence-corrected chi connectivity index (χ4v) is 1.35. The minimum Gasteiger partial charge on any atom is -0.493 e. The Morgan fingerprint density at radius 1 is 1.33 bits per heavy atom. The van der Waals surface area contributed by atoms with E-state index in [0.717, 1.165) is 13.2 Å². The Balaban J connectivity index is 3.33. The third kappa shape index (κ3) is 2.72. The third-order valence-electron chi connectivity index (χ3n) is 2.10. The van der Waals surface area contributed by atoms with Crippen LogP contribution in [0.15, 0.2) is 12.1 Å². The van der Waals surface area contributed by atoms with Crippen molar-refractivity contribution in [3.8, 4) is 5.75 Å². The fourth-order valence-electron chi connectivity index (χ4n) is 1.35. The van der Waals surface area contributed by atoms with E-state index >= 15 is 0 Å². The number of alkyl halides is 3. The van der Waals surface area contributed by atoms with Crippen molar-refractivity contribution in [2.24, 2.45) is 0 Å². The van der Waals surface area contributed by atoms with E-state index in [-0.39, 0.29) is 6.61 Å². The summed E-state index contributed by atoms with van der Waals surface area (Å²) in [4.78, 5) is 11.3. The Morgan fingerprint density at radius 2 is 1.94 bits per heavy atom. The maximum absolute atomic E-state index is 13.7. The van der Waals surface area contributed by atoms with E-state index in [1.165, 1.54) is 6.92 Å². The van der Waals surface area contributed by atoms with Crippen LogP contribution in [0.2, 0.25) is 0 Å². The van der Waals surface area contributed by atoms with Gasteiger partial charge in [-0.1, -0.05) is 0 Å². The maximum Gasteiger partial charge on any atom is 0.420 e. The lowest BCUT2D eigenvalue weighted by molar-refractivity contribution is -0.139. The number of carbonyl (C=O) groups excluding carboxylic acids is 1. The number of carbonyl (C=O) groups is 1. The molecule has 0 amide bonds. The molecule has 100 valence electrons. The Kier molecular flexibility index (Phi) is 4.15. The smallest absolute Gasteiger partial charge is 0.420 e. The van der Waals surface area contributed by atoms with Crippen molar-refractivity contribution in [1.82, 2.24) is 0 Å². The van der Waals surface area contributed by atoms with Gasteiger partial charge in [-0.3, -0.25) is 0 Å². The number of halogens is 4. The Hall–Kier alpha value is -1.79. The Bertz CT molecular complexity index is 454. The molecular formula is C11H10F4O3. The number of hydrogen-bond donors (Lipinski definition) is 0. The minimum atomic E-state index is -4.76. The van der Waals surface area contributed by atoms with Gasteiger partial charge in [-0.25, -0.2) is 9.18 Å². The first-order valence-electron chi connectivity index (χ1n) is 4.93. The summed E-state index contributed by atoms with van der Waals surface area (Å²) in [7, 11) is 0.891. The lowest BCUT2D eigenvalue weighted by Gasteiger charge is -2.14. The molecule has 0 N–H and O–H groups in total. The average molecular weight is 266 g/mol. The van der Waals surface area contributed by atoms with Crippen molar-refractivity contribution >= 4 is 5.97 Å². The first-order chi connectivity index (χ1) is 8.32. The van der Waals surface area contributed by atoms with Gasteiger partial charge in [-0.05, 0) is 19.1 Å². The third-order valence-corrected chi connectivity index (χ3v) is 2.10. The zero-order valence-electron chi connectivity index (χ0n) is 9.60. The molecule has 1 rings (SSSR count). The quantitative estimate of drug-likeness (QED) is 0.623. The lowest BCUT2D eigenvalue weighted by Crippen LogP contribution is -2.13. The second-order valence-electron chi connectivity index (χ2n) is 3.23. The van der Waals surface area contributed by atoms with Gasteiger partial charge in [0.05, 0.1) is 19.3 Å². The second kappa shape index (κ2) is 5.24. The van der Waals surface area contributed by atoms with Crippen LogP contribution in [0.5, 0.6) is 5.75 Å². The number of esters is 1. The molecule has 0 spiro atoms. The van der Waals surface area contributed by atoms with E-state index in [4.69, 9.17) is 0 Å². The summed E-state index contributed by atoms with van der Waals surface area (Å²) in [5.41, 5.74) is -1.88. The van der Waals surface area contributed by atoms with Crippen molar-refractivity contribution in [2.75, 3.05) is 13.7 Å². The summed E-state index contributed by atoms with van der Waals surface area (Å²) in [6.45, 7) is 1.48. The highest BCUT2D eigenvalue weighted by atomic mass is 19.4. The molecule has 0 heterocycles. The van der Waals surface area contributed by atoms with Crippen molar-refractivity contribution in [3.05, 3.63) is 29.1 Å². The van der Waals surface area contributed by atoms with Gasteiger partial charge in [0, 0.05) is 0 Å². The minimum absolute atomic E-state index is 0.0123. The number of methoxy groups -OCH3 is 1. The van der Waals surface area contributed by atoms with Crippen LogP contribution in [-0.2, 0) is 10.9 Å². The zero-order chi connectivity index (χ0) is 13.9. The monoisotopic (exact) mass is 266 g/mol. The van der Waals surface area contributed by atoms with Crippen LogP contribution in [0.4, 0.5) is 17.6 Å². The first-order valence-corrected chi connectivity index (χ1v) is 4.93. The molecule has 0 saturated heterocycles. The summed E-state index contributed by atoms with van der Waals surface area (Å²) >= 11 is 0. The molecule has 0 radical (unpaired) electrons. The Morgan fingerprint density at radius 3 is 2.39 bits per heavy atom. The van der Waals surface area contributed by atoms with Crippen molar-refractivity contribution in [1.29, 1.82) is 0 Å². The van der Waals surface area contributed by atoms with Gasteiger partial charge >= 0.3 is 12.1 Å². The molecule has 0 aliphatic carbocycles. The molecule has 0 unspecified atom stereocenters. The van der Waals surface area contributed by atoms with Gasteiger partial charge < -0.3 is 9.47 Å². The molecule has 0 aromatic heterocycles. The number of benzene rings is 1. The largest absolute Gasteiger partial charge is 0.493 e. The van der Waals surface area contributed by atoms with Gasteiger partial charge in [0.15, 0.2) is 11.6 Å². The first kappa shape index (κ1) is 14.3. The van der Waals surface area contributed by atoms with Crippen molar-refractivity contribution in [3.63, 3.8) is 0 Å². The van der Waals surface area contributed by atoms with Crippen LogP contribution in [-0.4, -0.2) is 19.7 Å². The average Bonchev–Trinajstić information content (AvgIpc) is 2.27. The van der Waals surface area contributed by atoms with Crippen LogP contribution >= 0.6 is 0 Å². The van der Waals surface area contributed by atoms with Gasteiger partial charge in [0.2, 0.25) is 0 Å². The van der Waals surface area contributed by atoms with Crippen LogP contribution in [0.25, 0.3) is 0 Å². The van der Waals surface area contributed by atoms with Crippen molar-refractivity contribution < 1.29 is 31.8 Å². The van der Waals surface area contributed by atoms with Crippen LogP contribution in [0.1, 0.15) is 22.8 Å². The number of hydrogen-bond acceptors (Lipinski definition) is 3. The predicted molar refractivity (Wildman–Crippen MR) is 53.9 cm³/mol. The van der Waals surface area contributed by atoms with Gasteiger partial charge in [0.1, 0.15) is 5.56 Å². The van der Waals surface area contributed by atoms with Crippen LogP contribution < -0.4 is 4.74 Å². The predicted octanol–water partition coefficient (Wildman–Crippen LogP) is 3.03. The molecule has 0 atom stereocenters. The number of rotatable bonds is 3. The molecule has 3 nitrogen and oxygen atoms in total. The van der Waals surface area contributed by atoms with Crippen LogP contribution in [0.3, 0.4) is 0 Å². The molecule has 1 aromatic carbocycles. The van der Waals surface area contributed by atoms with E-state index < -0.39 is 34.8 Å². The summed E-state index contributed by atoms with van der Waals surface area (Å²) < 4.78 is 60.2. The van der Waals surface area contributed by atoms with Gasteiger partial charge in [0.25, 0.3) is 0 Å². The molecule has 0 aliphatic heterocycles. The van der Waals surface area contributed by atoms with E-state index in [2.05, 4.69) is 9.47 Å². The van der Waals surface area contributed by atoms with E-state index in [1.54, 1.807) is 0 Å². The SMILES string of the molecule is CCOC(=O)c1ccc(C(F)(F)F)c(OC)c1F. The van der Waals surface area contributed by atoms with Gasteiger partial charge in [-0.15, -0.1) is 0 Å². The topological polar surface area (TPSA) is 35.5 Å². The molecule has 0 saturated carbocycles. The van der Waals surface area contributed by atoms with E-state index in [1.807, 2.05) is 0 Å². The summed E-state index contributed by atoms with van der Waals surface area (Å²) in [6.07, 6.45) is -4.76. The van der Waals surface area contributed by atoms with Crippen LogP contribution in [0, 0.1) is 5.82 Å². The molecule has 0 aliphatic rings. The lowest BCUT2D eigenvalue weighted by atomic mass is 10.1. The summed E-state index contributed by atoms with van der Waals surface area (Å²) in [5, 5.41) is 0. The highest BCUT2D eigenvalue weighted by Gasteiger charge is 2.37. The molecule has 1 aromatic rings. The molecule has 0 fully saturated rings. The fraction of sp³-hybridized carbons (Fsp3) is 0.364. The molecule has 0 bridgehead atoms. The summed E-state index contributed by atoms with van der Waals surface area (Å²) in [5.74, 6) is -3.44. The van der Waals surface area contributed by atoms with E-state index in [9.17, 15) is 22.4 Å². The molecular weight excluding hydrogens is 256 g/mol. The Labute approximate surface area is 100 Å². The molecule has 18 heavy (non-hydrogen) atoms. The van der Waals surface area contributed by atoms with Gasteiger partial charge in [-0.2, -0.15) is 13.2 Å². The molecule has 7 heteroatoms.